The summed E-state index contributed by atoms with van der Waals surface area (Å²) in [5.41, 5.74) is 1.06. The number of carbonyl (C=O) groups is 2. The standard InChI is InChI=1S/C16H22N2O2S/c1-3-21-11-12(2)18-10-15(19)17-14(16(18)20)9-13-7-5-4-6-8-13/h4-8,12,14H,3,9-11H2,1-2H3,(H,17,19). The number of piperazine rings is 1. The normalized spacial score (nSPS) is 20.3. The average molecular weight is 306 g/mol. The van der Waals surface area contributed by atoms with Crippen LogP contribution in [-0.2, 0) is 16.0 Å². The van der Waals surface area contributed by atoms with Crippen LogP contribution in [-0.4, -0.2) is 46.8 Å². The van der Waals surface area contributed by atoms with Crippen molar-refractivity contribution in [3.63, 3.8) is 0 Å². The van der Waals surface area contributed by atoms with Crippen LogP contribution in [0.3, 0.4) is 0 Å². The van der Waals surface area contributed by atoms with Gasteiger partial charge in [-0.05, 0) is 18.2 Å². The molecule has 114 valence electrons. The molecule has 0 saturated carbocycles. The third kappa shape index (κ3) is 4.24. The summed E-state index contributed by atoms with van der Waals surface area (Å²) in [6.45, 7) is 4.29. The van der Waals surface area contributed by atoms with Crippen LogP contribution in [0.25, 0.3) is 0 Å². The second-order valence-corrected chi connectivity index (χ2v) is 6.60. The molecule has 1 saturated heterocycles. The Balaban J connectivity index is 2.05. The van der Waals surface area contributed by atoms with Crippen molar-refractivity contribution in [2.24, 2.45) is 0 Å². The molecule has 5 heteroatoms. The van der Waals surface area contributed by atoms with Crippen LogP contribution < -0.4 is 5.32 Å². The van der Waals surface area contributed by atoms with Crippen LogP contribution in [0.5, 0.6) is 0 Å². The van der Waals surface area contributed by atoms with E-state index in [1.807, 2.05) is 37.3 Å². The second-order valence-electron chi connectivity index (χ2n) is 5.28. The number of benzene rings is 1. The number of nitrogens with zero attached hydrogens (tertiary/aromatic N) is 1. The molecule has 21 heavy (non-hydrogen) atoms. The largest absolute Gasteiger partial charge is 0.342 e. The van der Waals surface area contributed by atoms with E-state index in [0.29, 0.717) is 6.42 Å². The number of carbonyl (C=O) groups excluding carboxylic acids is 2. The molecular formula is C16H22N2O2S. The lowest BCUT2D eigenvalue weighted by molar-refractivity contribution is -0.145. The summed E-state index contributed by atoms with van der Waals surface area (Å²) in [5.74, 6) is 1.85. The van der Waals surface area contributed by atoms with Crippen LogP contribution in [0.1, 0.15) is 19.4 Å². The minimum absolute atomic E-state index is 0.0302. The van der Waals surface area contributed by atoms with E-state index in [1.165, 1.54) is 0 Å². The van der Waals surface area contributed by atoms with E-state index < -0.39 is 6.04 Å². The summed E-state index contributed by atoms with van der Waals surface area (Å²) in [5, 5.41) is 2.82. The molecular weight excluding hydrogens is 284 g/mol. The average Bonchev–Trinajstić information content (AvgIpc) is 2.49. The van der Waals surface area contributed by atoms with E-state index in [4.69, 9.17) is 0 Å². The van der Waals surface area contributed by atoms with Gasteiger partial charge < -0.3 is 10.2 Å². The third-order valence-electron chi connectivity index (χ3n) is 3.61. The molecule has 0 bridgehead atoms. The van der Waals surface area contributed by atoms with Gasteiger partial charge in [-0.1, -0.05) is 37.3 Å². The highest BCUT2D eigenvalue weighted by Gasteiger charge is 2.34. The molecule has 0 spiro atoms. The van der Waals surface area contributed by atoms with Crippen molar-refractivity contribution in [1.82, 2.24) is 10.2 Å². The van der Waals surface area contributed by atoms with E-state index in [1.54, 1.807) is 16.7 Å². The maximum absolute atomic E-state index is 12.6. The SMILES string of the molecule is CCSCC(C)N1CC(=O)NC(Cc2ccccc2)C1=O. The zero-order valence-corrected chi connectivity index (χ0v) is 13.4. The molecule has 2 amide bonds. The molecule has 1 aliphatic rings. The van der Waals surface area contributed by atoms with Crippen molar-refractivity contribution < 1.29 is 9.59 Å². The Kier molecular flexibility index (Phi) is 5.67. The van der Waals surface area contributed by atoms with Crippen molar-refractivity contribution in [3.8, 4) is 0 Å². The first-order chi connectivity index (χ1) is 10.1. The number of hydrogen-bond donors (Lipinski definition) is 1. The Bertz CT molecular complexity index is 492. The van der Waals surface area contributed by atoms with Gasteiger partial charge in [0.15, 0.2) is 0 Å². The van der Waals surface area contributed by atoms with E-state index in [9.17, 15) is 9.59 Å². The molecule has 1 fully saturated rings. The highest BCUT2D eigenvalue weighted by molar-refractivity contribution is 7.99. The van der Waals surface area contributed by atoms with Crippen molar-refractivity contribution in [2.45, 2.75) is 32.4 Å². The van der Waals surface area contributed by atoms with Gasteiger partial charge in [-0.25, -0.2) is 0 Å². The Morgan fingerprint density at radius 3 is 2.71 bits per heavy atom. The second kappa shape index (κ2) is 7.50. The molecule has 1 N–H and O–H groups in total. The first kappa shape index (κ1) is 15.9. The molecule has 0 aliphatic carbocycles. The molecule has 2 atom stereocenters. The van der Waals surface area contributed by atoms with Crippen molar-refractivity contribution in [1.29, 1.82) is 0 Å². The highest BCUT2D eigenvalue weighted by Crippen LogP contribution is 2.15. The summed E-state index contributed by atoms with van der Waals surface area (Å²) in [7, 11) is 0. The molecule has 0 aromatic heterocycles. The Labute approximate surface area is 130 Å². The lowest BCUT2D eigenvalue weighted by Gasteiger charge is -2.36. The smallest absolute Gasteiger partial charge is 0.246 e. The summed E-state index contributed by atoms with van der Waals surface area (Å²) < 4.78 is 0. The summed E-state index contributed by atoms with van der Waals surface area (Å²) in [6.07, 6.45) is 0.551. The van der Waals surface area contributed by atoms with Crippen LogP contribution in [0.2, 0.25) is 0 Å². The molecule has 2 rings (SSSR count). The lowest BCUT2D eigenvalue weighted by Crippen LogP contribution is -2.61. The molecule has 2 unspecified atom stereocenters. The van der Waals surface area contributed by atoms with E-state index in [0.717, 1.165) is 17.1 Å². The van der Waals surface area contributed by atoms with Crippen molar-refractivity contribution in [2.75, 3.05) is 18.1 Å². The number of rotatable bonds is 6. The van der Waals surface area contributed by atoms with Gasteiger partial charge >= 0.3 is 0 Å². The van der Waals surface area contributed by atoms with Gasteiger partial charge in [0, 0.05) is 18.2 Å². The zero-order chi connectivity index (χ0) is 15.2. The number of thioether (sulfide) groups is 1. The minimum atomic E-state index is -0.442. The zero-order valence-electron chi connectivity index (χ0n) is 12.5. The summed E-state index contributed by atoms with van der Waals surface area (Å²) >= 11 is 1.79. The molecule has 1 aliphatic heterocycles. The lowest BCUT2D eigenvalue weighted by atomic mass is 10.0. The quantitative estimate of drug-likeness (QED) is 0.870. The third-order valence-corrected chi connectivity index (χ3v) is 4.73. The van der Waals surface area contributed by atoms with Gasteiger partial charge in [-0.3, -0.25) is 9.59 Å². The van der Waals surface area contributed by atoms with Gasteiger partial charge in [0.2, 0.25) is 11.8 Å². The predicted octanol–water partition coefficient (Wildman–Crippen LogP) is 1.70. The summed E-state index contributed by atoms with van der Waals surface area (Å²) in [6, 6.07) is 9.45. The van der Waals surface area contributed by atoms with Gasteiger partial charge in [-0.15, -0.1) is 0 Å². The van der Waals surface area contributed by atoms with Gasteiger partial charge in [0.1, 0.15) is 6.04 Å². The maximum atomic E-state index is 12.6. The first-order valence-electron chi connectivity index (χ1n) is 7.33. The van der Waals surface area contributed by atoms with Gasteiger partial charge in [-0.2, -0.15) is 11.8 Å². The van der Waals surface area contributed by atoms with Crippen molar-refractivity contribution >= 4 is 23.6 Å². The molecule has 1 aromatic carbocycles. The van der Waals surface area contributed by atoms with Gasteiger partial charge in [0.25, 0.3) is 0 Å². The van der Waals surface area contributed by atoms with Crippen LogP contribution >= 0.6 is 11.8 Å². The Morgan fingerprint density at radius 1 is 1.33 bits per heavy atom. The summed E-state index contributed by atoms with van der Waals surface area (Å²) in [4.78, 5) is 26.2. The Morgan fingerprint density at radius 2 is 2.05 bits per heavy atom. The minimum Gasteiger partial charge on any atom is -0.342 e. The molecule has 0 radical (unpaired) electrons. The fourth-order valence-corrected chi connectivity index (χ4v) is 3.23. The molecule has 1 aromatic rings. The Hall–Kier alpha value is -1.49. The fourth-order valence-electron chi connectivity index (χ4n) is 2.47. The van der Waals surface area contributed by atoms with E-state index in [2.05, 4.69) is 12.2 Å². The fraction of sp³-hybridized carbons (Fsp3) is 0.500. The highest BCUT2D eigenvalue weighted by atomic mass is 32.2. The number of hydrogen-bond acceptors (Lipinski definition) is 3. The number of nitrogens with one attached hydrogen (secondary N) is 1. The van der Waals surface area contributed by atoms with E-state index in [-0.39, 0.29) is 24.4 Å². The first-order valence-corrected chi connectivity index (χ1v) is 8.48. The van der Waals surface area contributed by atoms with Crippen molar-refractivity contribution in [3.05, 3.63) is 35.9 Å². The molecule has 4 nitrogen and oxygen atoms in total. The number of amides is 2. The van der Waals surface area contributed by atoms with E-state index >= 15 is 0 Å². The van der Waals surface area contributed by atoms with Crippen LogP contribution in [0.4, 0.5) is 0 Å². The topological polar surface area (TPSA) is 49.4 Å². The maximum Gasteiger partial charge on any atom is 0.246 e. The van der Waals surface area contributed by atoms with Crippen LogP contribution in [0, 0.1) is 0 Å². The van der Waals surface area contributed by atoms with Crippen LogP contribution in [0.15, 0.2) is 30.3 Å². The molecule has 1 heterocycles. The monoisotopic (exact) mass is 306 g/mol. The predicted molar refractivity (Wildman–Crippen MR) is 86.3 cm³/mol. The van der Waals surface area contributed by atoms with Gasteiger partial charge in [0.05, 0.1) is 6.54 Å².